The summed E-state index contributed by atoms with van der Waals surface area (Å²) in [6, 6.07) is 16.1. The molecule has 0 aliphatic heterocycles. The van der Waals surface area contributed by atoms with Crippen molar-refractivity contribution < 1.29 is 24.2 Å². The van der Waals surface area contributed by atoms with Crippen molar-refractivity contribution >= 4 is 65.1 Å². The van der Waals surface area contributed by atoms with Gasteiger partial charge in [-0.25, -0.2) is 14.6 Å². The number of carboxylic acids is 1. The number of carboxylic acid groups (broad SMARTS) is 1. The van der Waals surface area contributed by atoms with E-state index in [1.807, 2.05) is 0 Å². The van der Waals surface area contributed by atoms with Gasteiger partial charge in [-0.15, -0.1) is 12.4 Å². The highest BCUT2D eigenvalue weighted by Gasteiger charge is 2.21. The van der Waals surface area contributed by atoms with E-state index in [9.17, 15) is 19.5 Å². The molecule has 6 N–H and O–H groups in total. The fourth-order valence-corrected chi connectivity index (χ4v) is 3.56. The van der Waals surface area contributed by atoms with Crippen molar-refractivity contribution in [2.24, 2.45) is 16.5 Å². The summed E-state index contributed by atoms with van der Waals surface area (Å²) in [7, 11) is 0. The molecule has 0 aromatic heterocycles. The van der Waals surface area contributed by atoms with E-state index in [2.05, 4.69) is 10.3 Å². The van der Waals surface area contributed by atoms with E-state index in [4.69, 9.17) is 39.4 Å². The van der Waals surface area contributed by atoms with Crippen molar-refractivity contribution in [2.75, 3.05) is 0 Å². The molecule has 0 saturated heterocycles. The molecule has 0 heterocycles. The average molecular weight is 566 g/mol. The third kappa shape index (κ3) is 8.98. The Morgan fingerprint density at radius 1 is 0.973 bits per heavy atom. The minimum Gasteiger partial charge on any atom is -0.480 e. The topological polar surface area (TPSA) is 157 Å². The Labute approximate surface area is 228 Å². The molecule has 0 radical (unpaired) electrons. The second-order valence-electron chi connectivity index (χ2n) is 7.69. The molecule has 37 heavy (non-hydrogen) atoms. The third-order valence-corrected chi connectivity index (χ3v) is 5.54. The first-order chi connectivity index (χ1) is 17.1. The van der Waals surface area contributed by atoms with Crippen LogP contribution in [0.5, 0.6) is 5.75 Å². The molecule has 1 atom stereocenters. The van der Waals surface area contributed by atoms with E-state index in [1.54, 1.807) is 36.4 Å². The van der Waals surface area contributed by atoms with Crippen LogP contribution in [0.3, 0.4) is 0 Å². The Kier molecular flexibility index (Phi) is 10.7. The summed E-state index contributed by atoms with van der Waals surface area (Å²) in [5.74, 6) is -2.25. The second-order valence-corrected chi connectivity index (χ2v) is 8.54. The molecule has 3 aromatic rings. The maximum atomic E-state index is 12.5. The Morgan fingerprint density at radius 3 is 2.19 bits per heavy atom. The lowest BCUT2D eigenvalue weighted by molar-refractivity contribution is -0.141. The van der Waals surface area contributed by atoms with E-state index in [-0.39, 0.29) is 47.5 Å². The molecule has 3 aromatic carbocycles. The number of carbonyl (C=O) groups excluding carboxylic acids is 2. The Hall–Kier alpha value is -3.79. The van der Waals surface area contributed by atoms with Crippen LogP contribution in [0.4, 0.5) is 5.69 Å². The van der Waals surface area contributed by atoms with Crippen molar-refractivity contribution in [3.63, 3.8) is 0 Å². The number of nitrogens with two attached hydrogens (primary N) is 2. The van der Waals surface area contributed by atoms with Crippen molar-refractivity contribution in [2.45, 2.75) is 18.9 Å². The molecule has 3 rings (SSSR count). The van der Waals surface area contributed by atoms with Gasteiger partial charge in [0.1, 0.15) is 11.8 Å². The highest BCUT2D eigenvalue weighted by molar-refractivity contribution is 6.31. The van der Waals surface area contributed by atoms with Gasteiger partial charge >= 0.3 is 11.9 Å². The van der Waals surface area contributed by atoms with E-state index in [0.29, 0.717) is 21.8 Å². The number of hydrogen-bond acceptors (Lipinski definition) is 5. The molecule has 12 heteroatoms. The first-order valence-corrected chi connectivity index (χ1v) is 11.3. The van der Waals surface area contributed by atoms with Gasteiger partial charge in [0, 0.05) is 16.5 Å². The van der Waals surface area contributed by atoms with Gasteiger partial charge in [-0.2, -0.15) is 0 Å². The predicted octanol–water partition coefficient (Wildman–Crippen LogP) is 3.89. The first kappa shape index (κ1) is 29.4. The van der Waals surface area contributed by atoms with E-state index >= 15 is 0 Å². The van der Waals surface area contributed by atoms with Crippen molar-refractivity contribution in [1.82, 2.24) is 5.32 Å². The number of hydrogen-bond donors (Lipinski definition) is 4. The lowest BCUT2D eigenvalue weighted by atomic mass is 10.1. The van der Waals surface area contributed by atoms with Gasteiger partial charge < -0.3 is 26.6 Å². The van der Waals surface area contributed by atoms with Crippen LogP contribution >= 0.6 is 35.6 Å². The third-order valence-electron chi connectivity index (χ3n) is 4.93. The minimum atomic E-state index is -1.17. The largest absolute Gasteiger partial charge is 0.480 e. The molecule has 0 aliphatic carbocycles. The van der Waals surface area contributed by atoms with Crippen LogP contribution in [-0.4, -0.2) is 35.0 Å². The van der Waals surface area contributed by atoms with E-state index in [0.717, 1.165) is 0 Å². The fourth-order valence-electron chi connectivity index (χ4n) is 3.20. The lowest BCUT2D eigenvalue weighted by Crippen LogP contribution is -2.43. The van der Waals surface area contributed by atoms with Crippen LogP contribution in [0.15, 0.2) is 71.7 Å². The lowest BCUT2D eigenvalue weighted by Gasteiger charge is -2.15. The van der Waals surface area contributed by atoms with Crippen LogP contribution in [0, 0.1) is 0 Å². The standard InChI is InChI=1S/C25H22Cl2N4O5.ClH/c26-17-6-1-14(2-7-17)11-21(23(33)34)31-22(32)12-16-5-10-19(13-20(16)27)36-24(35)15-3-8-18(9-4-15)30-25(28)29;/h1-10,13,21H,11-12H2,(H,31,32)(H,33,34)(H4,28,29,30);1H/t21-;/m0./s1. The molecule has 0 bridgehead atoms. The van der Waals surface area contributed by atoms with Crippen molar-refractivity contribution in [1.29, 1.82) is 0 Å². The number of aliphatic carboxylic acids is 1. The SMILES string of the molecule is Cl.NC(N)=Nc1ccc(C(=O)Oc2ccc(CC(=O)N[C@@H](Cc3ccc(Cl)cc3)C(=O)O)c(Cl)c2)cc1. The zero-order valence-corrected chi connectivity index (χ0v) is 21.5. The van der Waals surface area contributed by atoms with Gasteiger partial charge in [0.15, 0.2) is 5.96 Å². The number of nitrogens with zero attached hydrogens (tertiary/aromatic N) is 1. The highest BCUT2D eigenvalue weighted by atomic mass is 35.5. The average Bonchev–Trinajstić information content (AvgIpc) is 2.81. The van der Waals surface area contributed by atoms with Crippen molar-refractivity contribution in [3.05, 3.63) is 93.5 Å². The van der Waals surface area contributed by atoms with Crippen LogP contribution in [0.2, 0.25) is 10.0 Å². The molecule has 0 saturated carbocycles. The quantitative estimate of drug-likeness (QED) is 0.133. The zero-order chi connectivity index (χ0) is 26.2. The molecule has 0 unspecified atom stereocenters. The van der Waals surface area contributed by atoms with Crippen LogP contribution < -0.4 is 21.5 Å². The predicted molar refractivity (Wildman–Crippen MR) is 144 cm³/mol. The van der Waals surface area contributed by atoms with Crippen LogP contribution in [0.25, 0.3) is 0 Å². The van der Waals surface area contributed by atoms with Crippen molar-refractivity contribution in [3.8, 4) is 5.75 Å². The molecule has 0 fully saturated rings. The summed E-state index contributed by atoms with van der Waals surface area (Å²) in [5, 5.41) is 12.7. The first-order valence-electron chi connectivity index (χ1n) is 10.6. The maximum absolute atomic E-state index is 12.5. The van der Waals surface area contributed by atoms with Crippen LogP contribution in [0.1, 0.15) is 21.5 Å². The Bertz CT molecular complexity index is 1290. The van der Waals surface area contributed by atoms with Gasteiger partial charge in [-0.1, -0.05) is 41.4 Å². The van der Waals surface area contributed by atoms with Gasteiger partial charge in [0.05, 0.1) is 17.7 Å². The summed E-state index contributed by atoms with van der Waals surface area (Å²) in [6.07, 6.45) is -0.0719. The fraction of sp³-hybridized carbons (Fsp3) is 0.120. The Balaban J connectivity index is 0.00000481. The molecule has 1 amide bonds. The summed E-state index contributed by atoms with van der Waals surface area (Å²) in [4.78, 5) is 40.4. The van der Waals surface area contributed by atoms with E-state index in [1.165, 1.54) is 30.3 Å². The summed E-state index contributed by atoms with van der Waals surface area (Å²) in [5.41, 5.74) is 12.5. The Morgan fingerprint density at radius 2 is 1.62 bits per heavy atom. The number of carbonyl (C=O) groups is 3. The molecule has 0 aliphatic rings. The maximum Gasteiger partial charge on any atom is 0.343 e. The van der Waals surface area contributed by atoms with Gasteiger partial charge in [-0.05, 0) is 59.7 Å². The highest BCUT2D eigenvalue weighted by Crippen LogP contribution is 2.24. The summed E-state index contributed by atoms with van der Waals surface area (Å²) in [6.45, 7) is 0. The zero-order valence-electron chi connectivity index (χ0n) is 19.2. The molecular weight excluding hydrogens is 543 g/mol. The number of benzene rings is 3. The number of nitrogens with one attached hydrogen (secondary N) is 1. The minimum absolute atomic E-state index is 0. The number of rotatable bonds is 9. The molecule has 194 valence electrons. The molecule has 9 nitrogen and oxygen atoms in total. The number of guanidine groups is 1. The van der Waals surface area contributed by atoms with Gasteiger partial charge in [0.2, 0.25) is 5.91 Å². The molecular formula is C25H23Cl3N4O5. The van der Waals surface area contributed by atoms with Gasteiger partial charge in [0.25, 0.3) is 0 Å². The monoisotopic (exact) mass is 564 g/mol. The van der Waals surface area contributed by atoms with Gasteiger partial charge in [-0.3, -0.25) is 4.79 Å². The normalized spacial score (nSPS) is 11.0. The molecule has 0 spiro atoms. The number of halogens is 3. The number of esters is 1. The second kappa shape index (κ2) is 13.5. The number of ether oxygens (including phenoxy) is 1. The summed E-state index contributed by atoms with van der Waals surface area (Å²) >= 11 is 12.1. The smallest absolute Gasteiger partial charge is 0.343 e. The summed E-state index contributed by atoms with van der Waals surface area (Å²) < 4.78 is 5.34. The number of amides is 1. The number of aliphatic imine (C=N–C) groups is 1. The van der Waals surface area contributed by atoms with Crippen LogP contribution in [-0.2, 0) is 22.4 Å². The van der Waals surface area contributed by atoms with E-state index < -0.39 is 23.9 Å².